The van der Waals surface area contributed by atoms with Crippen molar-refractivity contribution in [2.75, 3.05) is 43.4 Å². The van der Waals surface area contributed by atoms with Crippen molar-refractivity contribution in [1.29, 1.82) is 0 Å². The minimum absolute atomic E-state index is 0.184. The van der Waals surface area contributed by atoms with Crippen LogP contribution < -0.4 is 15.5 Å². The molecule has 2 heterocycles. The summed E-state index contributed by atoms with van der Waals surface area (Å²) in [5, 5.41) is 5.86. The van der Waals surface area contributed by atoms with Crippen LogP contribution in [0.25, 0.3) is 0 Å². The first kappa shape index (κ1) is 16.3. The first-order valence-electron chi connectivity index (χ1n) is 8.23. The lowest BCUT2D eigenvalue weighted by molar-refractivity contribution is 0.249. The van der Waals surface area contributed by atoms with Crippen molar-refractivity contribution in [2.24, 2.45) is 0 Å². The first-order valence-corrected chi connectivity index (χ1v) is 8.23. The van der Waals surface area contributed by atoms with E-state index < -0.39 is 0 Å². The van der Waals surface area contributed by atoms with Gasteiger partial charge in [0, 0.05) is 38.6 Å². The number of likely N-dealkylation sites (N-methyl/N-ethyl adjacent to an activating group) is 1. The molecule has 0 spiro atoms. The Morgan fingerprint density at radius 1 is 1.25 bits per heavy atom. The maximum absolute atomic E-state index is 12.3. The van der Waals surface area contributed by atoms with Crippen LogP contribution in [0.2, 0.25) is 0 Å². The third-order valence-electron chi connectivity index (χ3n) is 4.27. The van der Waals surface area contributed by atoms with Gasteiger partial charge >= 0.3 is 6.03 Å². The lowest BCUT2D eigenvalue weighted by Crippen LogP contribution is -2.44. The van der Waals surface area contributed by atoms with E-state index in [1.54, 1.807) is 12.4 Å². The van der Waals surface area contributed by atoms with Crippen LogP contribution >= 0.6 is 0 Å². The fourth-order valence-electron chi connectivity index (χ4n) is 2.84. The minimum atomic E-state index is -0.236. The molecule has 7 nitrogen and oxygen atoms in total. The van der Waals surface area contributed by atoms with Crippen LogP contribution in [-0.4, -0.2) is 54.1 Å². The summed E-state index contributed by atoms with van der Waals surface area (Å²) in [6.07, 6.45) is 3.42. The largest absolute Gasteiger partial charge is 0.367 e. The van der Waals surface area contributed by atoms with Crippen molar-refractivity contribution in [3.8, 4) is 0 Å². The Labute approximate surface area is 142 Å². The van der Waals surface area contributed by atoms with E-state index >= 15 is 0 Å². The van der Waals surface area contributed by atoms with Crippen LogP contribution in [0.1, 0.15) is 18.8 Å². The number of hydrogen-bond donors (Lipinski definition) is 3. The van der Waals surface area contributed by atoms with Gasteiger partial charge in [0.2, 0.25) is 0 Å². The molecule has 0 saturated carbocycles. The molecule has 24 heavy (non-hydrogen) atoms. The minimum Gasteiger partial charge on any atom is -0.367 e. The number of piperazine rings is 1. The SMILES string of the molecule is CC(NC(=O)Nc1ccccc1N1CCN(C)CC1)c1ncc[nH]1. The number of aromatic amines is 1. The lowest BCUT2D eigenvalue weighted by atomic mass is 10.2. The van der Waals surface area contributed by atoms with E-state index in [4.69, 9.17) is 0 Å². The molecule has 2 amide bonds. The molecular weight excluding hydrogens is 304 g/mol. The number of carbonyl (C=O) groups excluding carboxylic acids is 1. The molecule has 3 N–H and O–H groups in total. The molecule has 1 aliphatic rings. The van der Waals surface area contributed by atoms with Crippen LogP contribution in [-0.2, 0) is 0 Å². The summed E-state index contributed by atoms with van der Waals surface area (Å²) >= 11 is 0. The van der Waals surface area contributed by atoms with Gasteiger partial charge in [-0.25, -0.2) is 9.78 Å². The molecule has 1 unspecified atom stereocenters. The number of hydrogen-bond acceptors (Lipinski definition) is 4. The average molecular weight is 328 g/mol. The number of anilines is 2. The second-order valence-corrected chi connectivity index (χ2v) is 6.10. The summed E-state index contributed by atoms with van der Waals surface area (Å²) in [5.74, 6) is 0.734. The van der Waals surface area contributed by atoms with Gasteiger partial charge in [0.15, 0.2) is 0 Å². The highest BCUT2D eigenvalue weighted by molar-refractivity contribution is 5.93. The summed E-state index contributed by atoms with van der Waals surface area (Å²) in [6, 6.07) is 7.51. The number of amides is 2. The monoisotopic (exact) mass is 328 g/mol. The topological polar surface area (TPSA) is 76.3 Å². The van der Waals surface area contributed by atoms with Crippen molar-refractivity contribution in [3.63, 3.8) is 0 Å². The zero-order valence-corrected chi connectivity index (χ0v) is 14.1. The van der Waals surface area contributed by atoms with Gasteiger partial charge in [-0.05, 0) is 26.1 Å². The summed E-state index contributed by atoms with van der Waals surface area (Å²) in [6.45, 7) is 5.86. The Kier molecular flexibility index (Phi) is 5.00. The molecule has 1 saturated heterocycles. The van der Waals surface area contributed by atoms with Crippen molar-refractivity contribution in [3.05, 3.63) is 42.5 Å². The number of rotatable bonds is 4. The van der Waals surface area contributed by atoms with E-state index in [1.165, 1.54) is 0 Å². The molecule has 1 aromatic carbocycles. The van der Waals surface area contributed by atoms with Crippen molar-refractivity contribution < 1.29 is 4.79 Å². The van der Waals surface area contributed by atoms with Crippen molar-refractivity contribution in [1.82, 2.24) is 20.2 Å². The summed E-state index contributed by atoms with van der Waals surface area (Å²) in [4.78, 5) is 24.1. The molecule has 0 bridgehead atoms. The number of aromatic nitrogens is 2. The molecule has 1 aromatic heterocycles. The second-order valence-electron chi connectivity index (χ2n) is 6.10. The summed E-state index contributed by atoms with van der Waals surface area (Å²) in [7, 11) is 2.13. The van der Waals surface area contributed by atoms with Crippen molar-refractivity contribution >= 4 is 17.4 Å². The van der Waals surface area contributed by atoms with Gasteiger partial charge in [-0.2, -0.15) is 0 Å². The standard InChI is InChI=1S/C17H24N6O/c1-13(16-18-7-8-19-16)20-17(24)21-14-5-3-4-6-15(14)23-11-9-22(2)10-12-23/h3-8,13H,9-12H2,1-2H3,(H,18,19)(H2,20,21,24). The molecule has 128 valence electrons. The fourth-order valence-corrected chi connectivity index (χ4v) is 2.84. The predicted molar refractivity (Wildman–Crippen MR) is 95.3 cm³/mol. The smallest absolute Gasteiger partial charge is 0.319 e. The number of benzene rings is 1. The number of nitrogens with one attached hydrogen (secondary N) is 3. The van der Waals surface area contributed by atoms with Gasteiger partial charge in [0.1, 0.15) is 5.82 Å². The van der Waals surface area contributed by atoms with Crippen LogP contribution in [0, 0.1) is 0 Å². The second kappa shape index (κ2) is 7.35. The summed E-state index contributed by atoms with van der Waals surface area (Å²) < 4.78 is 0. The van der Waals surface area contributed by atoms with E-state index in [-0.39, 0.29) is 12.1 Å². The van der Waals surface area contributed by atoms with Crippen LogP contribution in [0.3, 0.4) is 0 Å². The maximum atomic E-state index is 12.3. The Bertz CT molecular complexity index is 663. The van der Waals surface area contributed by atoms with E-state index in [1.807, 2.05) is 25.1 Å². The number of carbonyl (C=O) groups is 1. The average Bonchev–Trinajstić information content (AvgIpc) is 3.11. The normalized spacial score (nSPS) is 16.7. The van der Waals surface area contributed by atoms with Gasteiger partial charge in [-0.3, -0.25) is 0 Å². The predicted octanol–water partition coefficient (Wildman–Crippen LogP) is 2.04. The Morgan fingerprint density at radius 3 is 2.71 bits per heavy atom. The van der Waals surface area contributed by atoms with Gasteiger partial charge in [0.25, 0.3) is 0 Å². The van der Waals surface area contributed by atoms with Crippen LogP contribution in [0.4, 0.5) is 16.2 Å². The quantitative estimate of drug-likeness (QED) is 0.803. The Balaban J connectivity index is 1.65. The summed E-state index contributed by atoms with van der Waals surface area (Å²) in [5.41, 5.74) is 1.89. The highest BCUT2D eigenvalue weighted by atomic mass is 16.2. The number of urea groups is 1. The highest BCUT2D eigenvalue weighted by Crippen LogP contribution is 2.26. The molecule has 0 radical (unpaired) electrons. The number of nitrogens with zero attached hydrogens (tertiary/aromatic N) is 3. The molecule has 2 aromatic rings. The van der Waals surface area contributed by atoms with Gasteiger partial charge < -0.3 is 25.4 Å². The van der Waals surface area contributed by atoms with E-state index in [2.05, 4.69) is 43.5 Å². The molecule has 3 rings (SSSR count). The van der Waals surface area contributed by atoms with Crippen LogP contribution in [0.5, 0.6) is 0 Å². The van der Waals surface area contributed by atoms with E-state index in [9.17, 15) is 4.79 Å². The van der Waals surface area contributed by atoms with Gasteiger partial charge in [-0.15, -0.1) is 0 Å². The first-order chi connectivity index (χ1) is 11.6. The van der Waals surface area contributed by atoms with Gasteiger partial charge in [-0.1, -0.05) is 12.1 Å². The molecule has 1 fully saturated rings. The van der Waals surface area contributed by atoms with E-state index in [0.29, 0.717) is 0 Å². The number of H-pyrrole nitrogens is 1. The molecule has 1 aliphatic heterocycles. The zero-order chi connectivity index (χ0) is 16.9. The Hall–Kier alpha value is -2.54. The molecule has 7 heteroatoms. The maximum Gasteiger partial charge on any atom is 0.319 e. The van der Waals surface area contributed by atoms with E-state index in [0.717, 1.165) is 43.4 Å². The lowest BCUT2D eigenvalue weighted by Gasteiger charge is -2.35. The molecular formula is C17H24N6O. The van der Waals surface area contributed by atoms with Crippen LogP contribution in [0.15, 0.2) is 36.7 Å². The van der Waals surface area contributed by atoms with Gasteiger partial charge in [0.05, 0.1) is 17.4 Å². The third-order valence-corrected chi connectivity index (χ3v) is 4.27. The fraction of sp³-hybridized carbons (Fsp3) is 0.412. The number of para-hydroxylation sites is 2. The van der Waals surface area contributed by atoms with Crippen molar-refractivity contribution in [2.45, 2.75) is 13.0 Å². The number of imidazole rings is 1. The third kappa shape index (κ3) is 3.86. The highest BCUT2D eigenvalue weighted by Gasteiger charge is 2.18. The zero-order valence-electron chi connectivity index (χ0n) is 14.1. The molecule has 1 atom stereocenters. The Morgan fingerprint density at radius 2 is 2.00 bits per heavy atom. The molecule has 0 aliphatic carbocycles.